The summed E-state index contributed by atoms with van der Waals surface area (Å²) >= 11 is 0. The van der Waals surface area contributed by atoms with Crippen molar-refractivity contribution in [2.24, 2.45) is 29.1 Å². The van der Waals surface area contributed by atoms with E-state index < -0.39 is 0 Å². The van der Waals surface area contributed by atoms with Gasteiger partial charge in [0.1, 0.15) is 0 Å². The predicted molar refractivity (Wildman–Crippen MR) is 63.2 cm³/mol. The Hall–Kier alpha value is -1.18. The number of Topliss-reactive ketones (excluding diaryl/α,β-unsaturated/α-hetero) is 2. The molecule has 4 atom stereocenters. The Kier molecular flexibility index (Phi) is 1.52. The molecule has 2 nitrogen and oxygen atoms in total. The van der Waals surface area contributed by atoms with Gasteiger partial charge in [0, 0.05) is 11.8 Å². The number of carbonyl (C=O) groups excluding carboxylic acids is 2. The molecule has 0 bridgehead atoms. The van der Waals surface area contributed by atoms with Gasteiger partial charge in [-0.15, -0.1) is 0 Å². The largest absolute Gasteiger partial charge is 0.294 e. The van der Waals surface area contributed by atoms with Gasteiger partial charge in [-0.2, -0.15) is 0 Å². The van der Waals surface area contributed by atoms with Crippen molar-refractivity contribution in [3.63, 3.8) is 0 Å². The molecule has 1 spiro atoms. The molecular formula is C15H16O2. The van der Waals surface area contributed by atoms with E-state index in [1.165, 1.54) is 12.8 Å². The first-order chi connectivity index (χ1) is 8.06. The van der Waals surface area contributed by atoms with Crippen molar-refractivity contribution in [1.29, 1.82) is 0 Å². The lowest BCUT2D eigenvalue weighted by Gasteiger charge is -2.18. The third kappa shape index (κ3) is 0.907. The summed E-state index contributed by atoms with van der Waals surface area (Å²) in [4.78, 5) is 24.5. The second kappa shape index (κ2) is 2.63. The van der Waals surface area contributed by atoms with Crippen LogP contribution in [0.4, 0.5) is 0 Å². The van der Waals surface area contributed by atoms with Crippen LogP contribution in [0.25, 0.3) is 0 Å². The number of ketones is 2. The second-order valence-electron chi connectivity index (χ2n) is 6.26. The molecule has 0 N–H and O–H groups in total. The monoisotopic (exact) mass is 228 g/mol. The molecule has 0 unspecified atom stereocenters. The Morgan fingerprint density at radius 3 is 1.71 bits per heavy atom. The smallest absolute Gasteiger partial charge is 0.162 e. The van der Waals surface area contributed by atoms with Gasteiger partial charge in [0.2, 0.25) is 0 Å². The Labute approximate surface area is 101 Å². The number of allylic oxidation sites excluding steroid dienone is 4. The van der Waals surface area contributed by atoms with Crippen LogP contribution >= 0.6 is 0 Å². The molecule has 4 aliphatic carbocycles. The van der Waals surface area contributed by atoms with Crippen molar-refractivity contribution in [2.75, 3.05) is 0 Å². The van der Waals surface area contributed by atoms with E-state index in [1.54, 1.807) is 0 Å². The van der Waals surface area contributed by atoms with E-state index in [1.807, 2.05) is 13.8 Å². The molecule has 0 saturated heterocycles. The molecule has 17 heavy (non-hydrogen) atoms. The summed E-state index contributed by atoms with van der Waals surface area (Å²) in [5.74, 6) is 1.15. The molecule has 2 saturated carbocycles. The van der Waals surface area contributed by atoms with Crippen LogP contribution in [0, 0.1) is 29.1 Å². The van der Waals surface area contributed by atoms with E-state index in [4.69, 9.17) is 0 Å². The van der Waals surface area contributed by atoms with Crippen LogP contribution in [0.5, 0.6) is 0 Å². The predicted octanol–water partition coefficient (Wildman–Crippen LogP) is 2.30. The molecule has 0 aromatic heterocycles. The van der Waals surface area contributed by atoms with Crippen LogP contribution in [0.2, 0.25) is 0 Å². The number of hydrogen-bond acceptors (Lipinski definition) is 2. The molecule has 0 amide bonds. The summed E-state index contributed by atoms with van der Waals surface area (Å²) in [5, 5.41) is 0. The van der Waals surface area contributed by atoms with Crippen LogP contribution in [0.3, 0.4) is 0 Å². The molecule has 0 heterocycles. The SMILES string of the molecule is CC1=C[C@H]2[C@@H](C1=O)[C@@H]1C(=O)C(C)=C[C@@H]1C21CC1. The molecule has 0 aliphatic heterocycles. The lowest BCUT2D eigenvalue weighted by atomic mass is 9.85. The molecule has 0 aromatic rings. The van der Waals surface area contributed by atoms with Crippen LogP contribution in [-0.4, -0.2) is 11.6 Å². The Bertz CT molecular complexity index is 475. The summed E-state index contributed by atoms with van der Waals surface area (Å²) in [7, 11) is 0. The van der Waals surface area contributed by atoms with Crippen molar-refractivity contribution in [3.05, 3.63) is 23.3 Å². The van der Waals surface area contributed by atoms with E-state index in [9.17, 15) is 9.59 Å². The summed E-state index contributed by atoms with van der Waals surface area (Å²) < 4.78 is 0. The zero-order valence-corrected chi connectivity index (χ0v) is 10.2. The first-order valence-corrected chi connectivity index (χ1v) is 6.51. The summed E-state index contributed by atoms with van der Waals surface area (Å²) in [5.41, 5.74) is 2.06. The molecule has 4 aliphatic rings. The van der Waals surface area contributed by atoms with E-state index >= 15 is 0 Å². The average Bonchev–Trinajstić information content (AvgIpc) is 2.91. The summed E-state index contributed by atoms with van der Waals surface area (Å²) in [6.45, 7) is 3.82. The first kappa shape index (κ1) is 9.81. The zero-order chi connectivity index (χ0) is 11.9. The highest BCUT2D eigenvalue weighted by molar-refractivity contribution is 6.08. The van der Waals surface area contributed by atoms with E-state index in [-0.39, 0.29) is 28.8 Å². The number of fused-ring (bicyclic) bond motifs is 5. The second-order valence-corrected chi connectivity index (χ2v) is 6.26. The topological polar surface area (TPSA) is 34.1 Å². The van der Waals surface area contributed by atoms with E-state index in [2.05, 4.69) is 12.2 Å². The minimum atomic E-state index is -0.0244. The van der Waals surface area contributed by atoms with Crippen molar-refractivity contribution in [2.45, 2.75) is 26.7 Å². The van der Waals surface area contributed by atoms with Crippen LogP contribution < -0.4 is 0 Å². The van der Waals surface area contributed by atoms with Crippen molar-refractivity contribution >= 4 is 11.6 Å². The van der Waals surface area contributed by atoms with Gasteiger partial charge >= 0.3 is 0 Å². The molecule has 2 heteroatoms. The number of carbonyl (C=O) groups is 2. The minimum absolute atomic E-state index is 0.0244. The maximum absolute atomic E-state index is 12.3. The maximum atomic E-state index is 12.3. The van der Waals surface area contributed by atoms with Gasteiger partial charge in [0.05, 0.1) is 0 Å². The minimum Gasteiger partial charge on any atom is -0.294 e. The van der Waals surface area contributed by atoms with Gasteiger partial charge in [0.25, 0.3) is 0 Å². The van der Waals surface area contributed by atoms with Crippen molar-refractivity contribution < 1.29 is 9.59 Å². The molecule has 4 rings (SSSR count). The van der Waals surface area contributed by atoms with E-state index in [0.29, 0.717) is 11.8 Å². The molecule has 0 radical (unpaired) electrons. The third-order valence-corrected chi connectivity index (χ3v) is 5.56. The first-order valence-electron chi connectivity index (χ1n) is 6.51. The fourth-order valence-corrected chi connectivity index (χ4v) is 4.62. The number of hydrogen-bond donors (Lipinski definition) is 0. The van der Waals surface area contributed by atoms with Gasteiger partial charge in [-0.05, 0) is 55.1 Å². The Balaban J connectivity index is 1.87. The highest BCUT2D eigenvalue weighted by Crippen LogP contribution is 2.72. The third-order valence-electron chi connectivity index (χ3n) is 5.56. The Morgan fingerprint density at radius 2 is 1.35 bits per heavy atom. The van der Waals surface area contributed by atoms with Crippen LogP contribution in [-0.2, 0) is 9.59 Å². The summed E-state index contributed by atoms with van der Waals surface area (Å²) in [6.07, 6.45) is 6.72. The maximum Gasteiger partial charge on any atom is 0.162 e. The van der Waals surface area contributed by atoms with Gasteiger partial charge in [-0.1, -0.05) is 12.2 Å². The molecular weight excluding hydrogens is 212 g/mol. The van der Waals surface area contributed by atoms with Gasteiger partial charge in [0.15, 0.2) is 11.6 Å². The zero-order valence-electron chi connectivity index (χ0n) is 10.2. The van der Waals surface area contributed by atoms with Crippen molar-refractivity contribution in [3.8, 4) is 0 Å². The number of rotatable bonds is 0. The fourth-order valence-electron chi connectivity index (χ4n) is 4.62. The average molecular weight is 228 g/mol. The summed E-state index contributed by atoms with van der Waals surface area (Å²) in [6, 6.07) is 0. The van der Waals surface area contributed by atoms with Crippen molar-refractivity contribution in [1.82, 2.24) is 0 Å². The van der Waals surface area contributed by atoms with Gasteiger partial charge in [-0.25, -0.2) is 0 Å². The molecule has 88 valence electrons. The normalized spacial score (nSPS) is 44.8. The highest BCUT2D eigenvalue weighted by Gasteiger charge is 2.70. The van der Waals surface area contributed by atoms with Gasteiger partial charge in [-0.3, -0.25) is 9.59 Å². The highest BCUT2D eigenvalue weighted by atomic mass is 16.1. The van der Waals surface area contributed by atoms with Crippen LogP contribution in [0.15, 0.2) is 23.3 Å². The quantitative estimate of drug-likeness (QED) is 0.637. The molecule has 0 aromatic carbocycles. The van der Waals surface area contributed by atoms with Gasteiger partial charge < -0.3 is 0 Å². The fraction of sp³-hybridized carbons (Fsp3) is 0.600. The standard InChI is InChI=1S/C15H16O2/c1-7-5-9-11(13(7)16)12-10(15(9)3-4-15)6-8(2)14(12)17/h5-6,9-12H,3-4H2,1-2H3/t9-,10-,11+,12+/m0/s1. The molecule has 2 fully saturated rings. The van der Waals surface area contributed by atoms with E-state index in [0.717, 1.165) is 11.1 Å². The Morgan fingerprint density at radius 1 is 0.941 bits per heavy atom. The lowest BCUT2D eigenvalue weighted by molar-refractivity contribution is -0.127. The van der Waals surface area contributed by atoms with Crippen LogP contribution in [0.1, 0.15) is 26.7 Å². The lowest BCUT2D eigenvalue weighted by Crippen LogP contribution is -2.26.